The molecule has 0 aliphatic carbocycles. The van der Waals surface area contributed by atoms with Gasteiger partial charge >= 0.3 is 0 Å². The third-order valence-corrected chi connectivity index (χ3v) is 4.11. The van der Waals surface area contributed by atoms with Crippen LogP contribution in [0.4, 0.5) is 10.2 Å². The Balaban J connectivity index is 1.79. The fourth-order valence-corrected chi connectivity index (χ4v) is 2.65. The number of benzene rings is 2. The molecule has 0 aliphatic rings. The second kappa shape index (κ2) is 7.90. The van der Waals surface area contributed by atoms with Crippen molar-refractivity contribution in [3.05, 3.63) is 71.2 Å². The number of hydrogen-bond acceptors (Lipinski definition) is 4. The van der Waals surface area contributed by atoms with Crippen molar-refractivity contribution >= 4 is 11.7 Å². The van der Waals surface area contributed by atoms with Crippen molar-refractivity contribution in [1.82, 2.24) is 9.78 Å². The molecule has 0 radical (unpaired) electrons. The van der Waals surface area contributed by atoms with Crippen molar-refractivity contribution in [2.24, 2.45) is 0 Å². The third kappa shape index (κ3) is 4.25. The molecule has 3 rings (SSSR count). The second-order valence-corrected chi connectivity index (χ2v) is 5.98. The summed E-state index contributed by atoms with van der Waals surface area (Å²) in [6.07, 6.45) is 0. The minimum atomic E-state index is -0.345. The van der Waals surface area contributed by atoms with E-state index in [1.807, 2.05) is 6.92 Å². The van der Waals surface area contributed by atoms with Gasteiger partial charge in [0.1, 0.15) is 17.3 Å². The molecule has 2 aromatic carbocycles. The normalized spacial score (nSPS) is 10.5. The van der Waals surface area contributed by atoms with Crippen molar-refractivity contribution in [3.63, 3.8) is 0 Å². The van der Waals surface area contributed by atoms with E-state index in [1.165, 1.54) is 20.3 Å². The van der Waals surface area contributed by atoms with E-state index in [4.69, 9.17) is 9.47 Å². The number of anilines is 1. The quantitative estimate of drug-likeness (QED) is 0.720. The van der Waals surface area contributed by atoms with E-state index in [1.54, 1.807) is 47.1 Å². The predicted molar refractivity (Wildman–Crippen MR) is 100.0 cm³/mol. The van der Waals surface area contributed by atoms with Crippen LogP contribution >= 0.6 is 0 Å². The lowest BCUT2D eigenvalue weighted by molar-refractivity contribution is 0.102. The van der Waals surface area contributed by atoms with Gasteiger partial charge < -0.3 is 14.8 Å². The van der Waals surface area contributed by atoms with Gasteiger partial charge in [-0.05, 0) is 25.1 Å². The van der Waals surface area contributed by atoms with Gasteiger partial charge in [-0.25, -0.2) is 4.39 Å². The molecule has 0 spiro atoms. The molecule has 7 heteroatoms. The van der Waals surface area contributed by atoms with E-state index < -0.39 is 0 Å². The monoisotopic (exact) mass is 369 g/mol. The van der Waals surface area contributed by atoms with Crippen LogP contribution in [0.3, 0.4) is 0 Å². The number of carbonyl (C=O) groups excluding carboxylic acids is 1. The van der Waals surface area contributed by atoms with Gasteiger partial charge in [0.2, 0.25) is 0 Å². The molecule has 0 fully saturated rings. The summed E-state index contributed by atoms with van der Waals surface area (Å²) in [7, 11) is 3.04. The highest BCUT2D eigenvalue weighted by molar-refractivity contribution is 6.04. The van der Waals surface area contributed by atoms with E-state index in [-0.39, 0.29) is 18.3 Å². The zero-order chi connectivity index (χ0) is 19.4. The van der Waals surface area contributed by atoms with Crippen molar-refractivity contribution < 1.29 is 18.7 Å². The standard InChI is InChI=1S/C20H20FN3O3/c1-13-8-19(23-24(13)12-14-6-4-5-7-18(14)21)22-20(25)15-9-16(26-2)11-17(10-15)27-3/h4-11H,12H2,1-3H3,(H,22,23,25). The number of aromatic nitrogens is 2. The molecule has 1 aromatic heterocycles. The second-order valence-electron chi connectivity index (χ2n) is 5.98. The van der Waals surface area contributed by atoms with Crippen LogP contribution in [0.25, 0.3) is 0 Å². The first kappa shape index (κ1) is 18.4. The first-order chi connectivity index (χ1) is 13.0. The summed E-state index contributed by atoms with van der Waals surface area (Å²) in [6, 6.07) is 13.2. The van der Waals surface area contributed by atoms with Crippen LogP contribution < -0.4 is 14.8 Å². The van der Waals surface area contributed by atoms with Gasteiger partial charge in [0, 0.05) is 29.0 Å². The topological polar surface area (TPSA) is 65.4 Å². The fraction of sp³-hybridized carbons (Fsp3) is 0.200. The Kier molecular flexibility index (Phi) is 5.40. The number of ether oxygens (including phenoxy) is 2. The molecular weight excluding hydrogens is 349 g/mol. The van der Waals surface area contributed by atoms with Gasteiger partial charge in [0.25, 0.3) is 5.91 Å². The summed E-state index contributed by atoms with van der Waals surface area (Å²) < 4.78 is 25.9. The van der Waals surface area contributed by atoms with Crippen LogP contribution in [0.15, 0.2) is 48.5 Å². The summed E-state index contributed by atoms with van der Waals surface area (Å²) in [5, 5.41) is 7.10. The maximum Gasteiger partial charge on any atom is 0.257 e. The minimum Gasteiger partial charge on any atom is -0.497 e. The lowest BCUT2D eigenvalue weighted by Gasteiger charge is -2.08. The van der Waals surface area contributed by atoms with Gasteiger partial charge in [-0.3, -0.25) is 9.48 Å². The fourth-order valence-electron chi connectivity index (χ4n) is 2.65. The van der Waals surface area contributed by atoms with Gasteiger partial charge in [0.15, 0.2) is 5.82 Å². The largest absolute Gasteiger partial charge is 0.497 e. The van der Waals surface area contributed by atoms with Gasteiger partial charge in [-0.2, -0.15) is 5.10 Å². The van der Waals surface area contributed by atoms with Crippen LogP contribution in [0, 0.1) is 12.7 Å². The average Bonchev–Trinajstić information content (AvgIpc) is 3.01. The molecule has 140 valence electrons. The number of nitrogens with one attached hydrogen (secondary N) is 1. The van der Waals surface area contributed by atoms with E-state index in [2.05, 4.69) is 10.4 Å². The SMILES string of the molecule is COc1cc(OC)cc(C(=O)Nc2cc(C)n(Cc3ccccc3F)n2)c1. The lowest BCUT2D eigenvalue weighted by Crippen LogP contribution is -2.13. The van der Waals surface area contributed by atoms with E-state index in [0.717, 1.165) is 5.69 Å². The van der Waals surface area contributed by atoms with E-state index >= 15 is 0 Å². The van der Waals surface area contributed by atoms with Gasteiger partial charge in [-0.15, -0.1) is 0 Å². The predicted octanol–water partition coefficient (Wildman–Crippen LogP) is 3.65. The molecule has 3 aromatic rings. The van der Waals surface area contributed by atoms with Crippen LogP contribution in [0.2, 0.25) is 0 Å². The smallest absolute Gasteiger partial charge is 0.257 e. The molecule has 0 bridgehead atoms. The Morgan fingerprint density at radius 3 is 2.41 bits per heavy atom. The molecule has 0 unspecified atom stereocenters. The first-order valence-corrected chi connectivity index (χ1v) is 8.32. The number of amides is 1. The maximum absolute atomic E-state index is 13.9. The highest BCUT2D eigenvalue weighted by Gasteiger charge is 2.13. The summed E-state index contributed by atoms with van der Waals surface area (Å²) in [6.45, 7) is 2.12. The van der Waals surface area contributed by atoms with Crippen LogP contribution in [0.5, 0.6) is 11.5 Å². The zero-order valence-electron chi connectivity index (χ0n) is 15.3. The Bertz CT molecular complexity index is 947. The van der Waals surface area contributed by atoms with E-state index in [0.29, 0.717) is 28.4 Å². The minimum absolute atomic E-state index is 0.279. The van der Waals surface area contributed by atoms with Crippen molar-refractivity contribution in [3.8, 4) is 11.5 Å². The Morgan fingerprint density at radius 2 is 1.78 bits per heavy atom. The first-order valence-electron chi connectivity index (χ1n) is 8.32. The molecule has 6 nitrogen and oxygen atoms in total. The summed E-state index contributed by atoms with van der Waals surface area (Å²) in [5.74, 6) is 0.779. The highest BCUT2D eigenvalue weighted by Crippen LogP contribution is 2.23. The van der Waals surface area contributed by atoms with Crippen molar-refractivity contribution in [1.29, 1.82) is 0 Å². The molecule has 1 heterocycles. The van der Waals surface area contributed by atoms with Crippen LogP contribution in [-0.4, -0.2) is 29.9 Å². The number of halogens is 1. The van der Waals surface area contributed by atoms with Crippen LogP contribution in [-0.2, 0) is 6.54 Å². The summed E-state index contributed by atoms with van der Waals surface area (Å²) in [4.78, 5) is 12.6. The highest BCUT2D eigenvalue weighted by atomic mass is 19.1. The van der Waals surface area contributed by atoms with Gasteiger partial charge in [0.05, 0.1) is 20.8 Å². The Morgan fingerprint density at radius 1 is 1.11 bits per heavy atom. The third-order valence-electron chi connectivity index (χ3n) is 4.11. The van der Waals surface area contributed by atoms with Crippen LogP contribution in [0.1, 0.15) is 21.6 Å². The Labute approximate surface area is 156 Å². The van der Waals surface area contributed by atoms with Crippen molar-refractivity contribution in [2.75, 3.05) is 19.5 Å². The summed E-state index contributed by atoms with van der Waals surface area (Å²) in [5.41, 5.74) is 1.71. The maximum atomic E-state index is 13.9. The summed E-state index contributed by atoms with van der Waals surface area (Å²) >= 11 is 0. The van der Waals surface area contributed by atoms with Gasteiger partial charge in [-0.1, -0.05) is 18.2 Å². The Hall–Kier alpha value is -3.35. The molecule has 0 saturated carbocycles. The molecule has 0 atom stereocenters. The molecule has 1 amide bonds. The number of nitrogens with zero attached hydrogens (tertiary/aromatic N) is 2. The van der Waals surface area contributed by atoms with E-state index in [9.17, 15) is 9.18 Å². The number of carbonyl (C=O) groups is 1. The average molecular weight is 369 g/mol. The number of aryl methyl sites for hydroxylation is 1. The number of rotatable bonds is 6. The number of hydrogen-bond donors (Lipinski definition) is 1. The van der Waals surface area contributed by atoms with Crippen molar-refractivity contribution in [2.45, 2.75) is 13.5 Å². The molecular formula is C20H20FN3O3. The molecule has 0 aliphatic heterocycles. The number of methoxy groups -OCH3 is 2. The zero-order valence-corrected chi connectivity index (χ0v) is 15.3. The lowest BCUT2D eigenvalue weighted by atomic mass is 10.2. The molecule has 27 heavy (non-hydrogen) atoms. The molecule has 0 saturated heterocycles. The molecule has 1 N–H and O–H groups in total.